The number of fused-ring (bicyclic) bond motifs is 1. The number of ether oxygens (including phenoxy) is 3. The number of carbonyl (C=O) groups is 1. The molecular formula is C29H32ClN5O4. The van der Waals surface area contributed by atoms with E-state index < -0.39 is 5.60 Å². The van der Waals surface area contributed by atoms with Gasteiger partial charge in [0.05, 0.1) is 13.7 Å². The van der Waals surface area contributed by atoms with Crippen molar-refractivity contribution in [3.8, 4) is 17.2 Å². The van der Waals surface area contributed by atoms with Crippen LogP contribution in [0.1, 0.15) is 32.8 Å². The Hall–Kier alpha value is -3.98. The van der Waals surface area contributed by atoms with Gasteiger partial charge in [0.2, 0.25) is 0 Å². The number of hydrogen-bond acceptors (Lipinski definition) is 7. The third kappa shape index (κ3) is 6.37. The number of hydrogen-bond donors (Lipinski definition) is 1. The van der Waals surface area contributed by atoms with Crippen LogP contribution in [-0.4, -0.2) is 57.6 Å². The van der Waals surface area contributed by atoms with Gasteiger partial charge in [-0.25, -0.2) is 14.5 Å². The van der Waals surface area contributed by atoms with Gasteiger partial charge in [-0.2, -0.15) is 5.10 Å². The summed E-state index contributed by atoms with van der Waals surface area (Å²) in [6.45, 7) is 7.22. The van der Waals surface area contributed by atoms with Crippen LogP contribution < -0.4 is 14.8 Å². The van der Waals surface area contributed by atoms with Crippen molar-refractivity contribution in [3.05, 3.63) is 71.4 Å². The van der Waals surface area contributed by atoms with Crippen molar-refractivity contribution in [1.82, 2.24) is 19.7 Å². The maximum absolute atomic E-state index is 12.6. The van der Waals surface area contributed by atoms with Crippen molar-refractivity contribution >= 4 is 34.5 Å². The number of nitrogens with one attached hydrogen (secondary N) is 1. The van der Waals surface area contributed by atoms with Crippen LogP contribution >= 0.6 is 11.6 Å². The molecule has 0 spiro atoms. The summed E-state index contributed by atoms with van der Waals surface area (Å²) in [5.74, 6) is 2.70. The minimum absolute atomic E-state index is 0.00589. The minimum atomic E-state index is -0.543. The molecule has 0 saturated carbocycles. The lowest BCUT2D eigenvalue weighted by Crippen LogP contribution is -2.36. The Bertz CT molecular complexity index is 1450. The van der Waals surface area contributed by atoms with Gasteiger partial charge < -0.3 is 24.4 Å². The molecule has 5 rings (SSSR count). The van der Waals surface area contributed by atoms with E-state index in [0.29, 0.717) is 47.6 Å². The third-order valence-electron chi connectivity index (χ3n) is 6.31. The molecule has 9 nitrogen and oxygen atoms in total. The van der Waals surface area contributed by atoms with Crippen molar-refractivity contribution in [1.29, 1.82) is 0 Å². The molecule has 0 unspecified atom stereocenters. The predicted octanol–water partition coefficient (Wildman–Crippen LogP) is 6.36. The summed E-state index contributed by atoms with van der Waals surface area (Å²) in [6, 6.07) is 16.9. The van der Waals surface area contributed by atoms with E-state index in [-0.39, 0.29) is 12.1 Å². The highest BCUT2D eigenvalue weighted by Crippen LogP contribution is 2.35. The largest absolute Gasteiger partial charge is 0.497 e. The van der Waals surface area contributed by atoms with Crippen LogP contribution in [0.5, 0.6) is 17.2 Å². The molecule has 1 N–H and O–H groups in total. The molecule has 10 heteroatoms. The van der Waals surface area contributed by atoms with Gasteiger partial charge in [-0.15, -0.1) is 0 Å². The lowest BCUT2D eigenvalue weighted by molar-refractivity contribution is 0.0293. The molecule has 0 bridgehead atoms. The zero-order valence-corrected chi connectivity index (χ0v) is 23.2. The van der Waals surface area contributed by atoms with Gasteiger partial charge in [0.15, 0.2) is 11.5 Å². The molecule has 2 aromatic heterocycles. The van der Waals surface area contributed by atoms with E-state index in [1.807, 2.05) is 67.9 Å². The number of pyridine rings is 1. The van der Waals surface area contributed by atoms with Gasteiger partial charge in [0, 0.05) is 36.4 Å². The molecule has 1 aliphatic rings. The molecule has 3 heterocycles. The van der Waals surface area contributed by atoms with Gasteiger partial charge in [-0.3, -0.25) is 0 Å². The molecule has 204 valence electrons. The normalized spacial score (nSPS) is 15.4. The maximum atomic E-state index is 12.6. The van der Waals surface area contributed by atoms with Gasteiger partial charge >= 0.3 is 6.09 Å². The number of nitrogens with zero attached hydrogens (tertiary/aromatic N) is 4. The highest BCUT2D eigenvalue weighted by Gasteiger charge is 2.31. The van der Waals surface area contributed by atoms with Gasteiger partial charge in [0.25, 0.3) is 0 Å². The summed E-state index contributed by atoms with van der Waals surface area (Å²) in [7, 11) is 1.65. The molecule has 0 radical (unpaired) electrons. The number of halogens is 1. The Morgan fingerprint density at radius 2 is 1.79 bits per heavy atom. The van der Waals surface area contributed by atoms with E-state index in [2.05, 4.69) is 10.3 Å². The van der Waals surface area contributed by atoms with Crippen LogP contribution in [0.2, 0.25) is 5.02 Å². The first kappa shape index (κ1) is 26.6. The number of amides is 1. The second kappa shape index (κ2) is 11.0. The summed E-state index contributed by atoms with van der Waals surface area (Å²) in [5.41, 5.74) is 1.19. The Morgan fingerprint density at radius 1 is 1.08 bits per heavy atom. The Morgan fingerprint density at radius 3 is 2.49 bits per heavy atom. The average molecular weight is 550 g/mol. The molecular weight excluding hydrogens is 518 g/mol. The van der Waals surface area contributed by atoms with E-state index in [1.54, 1.807) is 30.3 Å². The fraction of sp³-hybridized carbons (Fsp3) is 0.345. The zero-order valence-electron chi connectivity index (χ0n) is 22.5. The van der Waals surface area contributed by atoms with E-state index >= 15 is 0 Å². The summed E-state index contributed by atoms with van der Waals surface area (Å²) in [4.78, 5) is 19.0. The number of aromatic nitrogens is 3. The quantitative estimate of drug-likeness (QED) is 0.287. The monoisotopic (exact) mass is 549 g/mol. The van der Waals surface area contributed by atoms with Crippen LogP contribution in [0, 0.1) is 0 Å². The molecule has 1 saturated heterocycles. The van der Waals surface area contributed by atoms with Crippen molar-refractivity contribution in [2.24, 2.45) is 0 Å². The first-order valence-electron chi connectivity index (χ1n) is 12.8. The number of benzene rings is 2. The summed E-state index contributed by atoms with van der Waals surface area (Å²) in [5, 5.41) is 9.85. The van der Waals surface area contributed by atoms with Gasteiger partial charge in [-0.05, 0) is 69.2 Å². The van der Waals surface area contributed by atoms with Crippen molar-refractivity contribution < 1.29 is 19.0 Å². The smallest absolute Gasteiger partial charge is 0.410 e. The SMILES string of the molecule is COc1ccc(Cn2nc(N[C@@H]3CCN(C(=O)OC(C)(C)C)C3)c3c(Oc4ccc(Cl)cc4)ccnc32)cc1. The number of anilines is 1. The fourth-order valence-electron chi connectivity index (χ4n) is 4.46. The molecule has 1 aliphatic heterocycles. The molecule has 2 aromatic carbocycles. The Labute approximate surface area is 232 Å². The number of rotatable bonds is 7. The average Bonchev–Trinajstić information content (AvgIpc) is 3.51. The number of carbonyl (C=O) groups excluding carboxylic acids is 1. The molecule has 4 aromatic rings. The lowest BCUT2D eigenvalue weighted by atomic mass is 10.2. The minimum Gasteiger partial charge on any atom is -0.497 e. The second-order valence-electron chi connectivity index (χ2n) is 10.5. The highest BCUT2D eigenvalue weighted by atomic mass is 35.5. The number of methoxy groups -OCH3 is 1. The molecule has 1 amide bonds. The fourth-order valence-corrected chi connectivity index (χ4v) is 4.59. The standard InChI is InChI=1S/C29H32ClN5O4/c1-29(2,3)39-28(36)34-16-14-21(18-34)32-26-25-24(38-23-11-7-20(30)8-12-23)13-15-31-27(25)35(33-26)17-19-5-9-22(37-4)10-6-19/h5-13,15,21H,14,16-18H2,1-4H3,(H,32,33)/t21-/m1/s1. The summed E-state index contributed by atoms with van der Waals surface area (Å²) < 4.78 is 19.0. The first-order valence-corrected chi connectivity index (χ1v) is 13.2. The molecule has 1 atom stereocenters. The summed E-state index contributed by atoms with van der Waals surface area (Å²) >= 11 is 6.07. The number of likely N-dealkylation sites (tertiary alicyclic amines) is 1. The maximum Gasteiger partial charge on any atom is 0.410 e. The van der Waals surface area contributed by atoms with Crippen molar-refractivity contribution in [2.45, 2.75) is 45.4 Å². The molecule has 0 aliphatic carbocycles. The second-order valence-corrected chi connectivity index (χ2v) is 10.9. The van der Waals surface area contributed by atoms with Crippen LogP contribution in [0.4, 0.5) is 10.6 Å². The highest BCUT2D eigenvalue weighted by molar-refractivity contribution is 6.30. The van der Waals surface area contributed by atoms with E-state index in [9.17, 15) is 4.79 Å². The first-order chi connectivity index (χ1) is 18.7. The molecule has 1 fully saturated rings. The van der Waals surface area contributed by atoms with Gasteiger partial charge in [-0.1, -0.05) is 23.7 Å². The molecule has 39 heavy (non-hydrogen) atoms. The van der Waals surface area contributed by atoms with E-state index in [0.717, 1.165) is 23.1 Å². The van der Waals surface area contributed by atoms with Crippen molar-refractivity contribution in [2.75, 3.05) is 25.5 Å². The van der Waals surface area contributed by atoms with Crippen LogP contribution in [0.3, 0.4) is 0 Å². The van der Waals surface area contributed by atoms with Crippen molar-refractivity contribution in [3.63, 3.8) is 0 Å². The van der Waals surface area contributed by atoms with Crippen LogP contribution in [0.25, 0.3) is 11.0 Å². The predicted molar refractivity (Wildman–Crippen MR) is 151 cm³/mol. The third-order valence-corrected chi connectivity index (χ3v) is 6.56. The van der Waals surface area contributed by atoms with Crippen LogP contribution in [0.15, 0.2) is 60.8 Å². The van der Waals surface area contributed by atoms with E-state index in [4.69, 9.17) is 30.9 Å². The topological polar surface area (TPSA) is 90.7 Å². The Balaban J connectivity index is 1.45. The van der Waals surface area contributed by atoms with Gasteiger partial charge in [0.1, 0.15) is 28.2 Å². The zero-order chi connectivity index (χ0) is 27.6. The Kier molecular flexibility index (Phi) is 7.52. The van der Waals surface area contributed by atoms with E-state index in [1.165, 1.54) is 0 Å². The summed E-state index contributed by atoms with van der Waals surface area (Å²) in [6.07, 6.45) is 2.17. The van der Waals surface area contributed by atoms with Crippen LogP contribution in [-0.2, 0) is 11.3 Å². The lowest BCUT2D eigenvalue weighted by Gasteiger charge is -2.24.